The lowest BCUT2D eigenvalue weighted by atomic mass is 9.84. The molecule has 3 N–H and O–H groups in total. The zero-order valence-corrected chi connectivity index (χ0v) is 14.5. The van der Waals surface area contributed by atoms with Gasteiger partial charge in [0, 0.05) is 16.9 Å². The van der Waals surface area contributed by atoms with Gasteiger partial charge >= 0.3 is 0 Å². The van der Waals surface area contributed by atoms with Crippen molar-refractivity contribution in [2.45, 2.75) is 44.6 Å². The van der Waals surface area contributed by atoms with Crippen LogP contribution >= 0.6 is 15.9 Å². The molecule has 1 aromatic rings. The molecule has 4 nitrogen and oxygen atoms in total. The molecule has 2 unspecified atom stereocenters. The zero-order chi connectivity index (χ0) is 15.8. The van der Waals surface area contributed by atoms with Crippen LogP contribution in [-0.4, -0.2) is 25.1 Å². The van der Waals surface area contributed by atoms with Gasteiger partial charge in [0.15, 0.2) is 0 Å². The van der Waals surface area contributed by atoms with Crippen LogP contribution in [0.4, 0.5) is 0 Å². The lowest BCUT2D eigenvalue weighted by Gasteiger charge is -2.31. The highest BCUT2D eigenvalue weighted by Gasteiger charge is 2.24. The van der Waals surface area contributed by atoms with Gasteiger partial charge in [-0.3, -0.25) is 4.79 Å². The lowest BCUT2D eigenvalue weighted by Crippen LogP contribution is -2.44. The first-order valence-corrected chi connectivity index (χ1v) is 8.86. The van der Waals surface area contributed by atoms with Gasteiger partial charge in [-0.25, -0.2) is 0 Å². The van der Waals surface area contributed by atoms with E-state index >= 15 is 0 Å². The molecule has 1 fully saturated rings. The SMILES string of the molecule is NCC1CCCCC1NC(=O)CCCOc1cccc(Br)c1. The lowest BCUT2D eigenvalue weighted by molar-refractivity contribution is -0.122. The molecule has 0 heterocycles. The zero-order valence-electron chi connectivity index (χ0n) is 12.9. The Balaban J connectivity index is 1.65. The van der Waals surface area contributed by atoms with Gasteiger partial charge in [-0.15, -0.1) is 0 Å². The minimum atomic E-state index is 0.114. The van der Waals surface area contributed by atoms with E-state index < -0.39 is 0 Å². The number of amides is 1. The van der Waals surface area contributed by atoms with Crippen molar-refractivity contribution in [2.75, 3.05) is 13.2 Å². The molecule has 0 aromatic heterocycles. The Labute approximate surface area is 140 Å². The van der Waals surface area contributed by atoms with Crippen LogP contribution in [0.1, 0.15) is 38.5 Å². The Morgan fingerprint density at radius 3 is 2.95 bits per heavy atom. The standard InChI is InChI=1S/C17H25BrN2O2/c18-14-6-3-7-15(11-14)22-10-4-9-17(21)20-16-8-2-1-5-13(16)12-19/h3,6-7,11,13,16H,1-2,4-5,8-10,12,19H2,(H,20,21). The summed E-state index contributed by atoms with van der Waals surface area (Å²) in [6.45, 7) is 1.21. The number of halogens is 1. The number of rotatable bonds is 7. The Bertz CT molecular complexity index is 481. The van der Waals surface area contributed by atoms with Crippen molar-refractivity contribution >= 4 is 21.8 Å². The highest BCUT2D eigenvalue weighted by Crippen LogP contribution is 2.23. The highest BCUT2D eigenvalue weighted by molar-refractivity contribution is 9.10. The second-order valence-corrected chi connectivity index (χ2v) is 6.78. The smallest absolute Gasteiger partial charge is 0.220 e. The van der Waals surface area contributed by atoms with Crippen molar-refractivity contribution < 1.29 is 9.53 Å². The fraction of sp³-hybridized carbons (Fsp3) is 0.588. The minimum Gasteiger partial charge on any atom is -0.494 e. The fourth-order valence-electron chi connectivity index (χ4n) is 2.94. The van der Waals surface area contributed by atoms with Crippen LogP contribution in [0.25, 0.3) is 0 Å². The summed E-state index contributed by atoms with van der Waals surface area (Å²) in [5.74, 6) is 1.38. The van der Waals surface area contributed by atoms with Crippen molar-refractivity contribution in [3.8, 4) is 5.75 Å². The molecule has 0 bridgehead atoms. The minimum absolute atomic E-state index is 0.114. The quantitative estimate of drug-likeness (QED) is 0.726. The summed E-state index contributed by atoms with van der Waals surface area (Å²) in [7, 11) is 0. The molecule has 2 rings (SSSR count). The number of hydrogen-bond donors (Lipinski definition) is 2. The van der Waals surface area contributed by atoms with Crippen LogP contribution in [0.3, 0.4) is 0 Å². The Morgan fingerprint density at radius 2 is 2.18 bits per heavy atom. The van der Waals surface area contributed by atoms with Crippen molar-refractivity contribution in [3.05, 3.63) is 28.7 Å². The molecule has 0 spiro atoms. The van der Waals surface area contributed by atoms with Crippen LogP contribution in [0, 0.1) is 5.92 Å². The number of nitrogens with two attached hydrogens (primary N) is 1. The van der Waals surface area contributed by atoms with E-state index in [9.17, 15) is 4.79 Å². The number of benzene rings is 1. The maximum atomic E-state index is 12.0. The molecule has 5 heteroatoms. The first-order chi connectivity index (χ1) is 10.7. The molecular weight excluding hydrogens is 344 g/mol. The van der Waals surface area contributed by atoms with Crippen LogP contribution in [-0.2, 0) is 4.79 Å². The predicted molar refractivity (Wildman–Crippen MR) is 91.8 cm³/mol. The molecule has 22 heavy (non-hydrogen) atoms. The van der Waals surface area contributed by atoms with Gasteiger partial charge in [0.05, 0.1) is 6.61 Å². The number of hydrogen-bond acceptors (Lipinski definition) is 3. The molecule has 1 aliphatic carbocycles. The third-order valence-electron chi connectivity index (χ3n) is 4.17. The van der Waals surface area contributed by atoms with Gasteiger partial charge in [-0.1, -0.05) is 34.8 Å². The molecule has 1 aromatic carbocycles. The van der Waals surface area contributed by atoms with E-state index in [0.717, 1.165) is 29.5 Å². The van der Waals surface area contributed by atoms with E-state index in [0.29, 0.717) is 25.5 Å². The van der Waals surface area contributed by atoms with Crippen molar-refractivity contribution in [3.63, 3.8) is 0 Å². The molecule has 0 aliphatic heterocycles. The van der Waals surface area contributed by atoms with E-state index in [2.05, 4.69) is 21.2 Å². The molecule has 0 radical (unpaired) electrons. The second kappa shape index (κ2) is 9.16. The highest BCUT2D eigenvalue weighted by atomic mass is 79.9. The van der Waals surface area contributed by atoms with E-state index in [1.807, 2.05) is 24.3 Å². The summed E-state index contributed by atoms with van der Waals surface area (Å²) in [5, 5.41) is 3.15. The number of carbonyl (C=O) groups is 1. The van der Waals surface area contributed by atoms with Gasteiger partial charge in [0.2, 0.25) is 5.91 Å². The third kappa shape index (κ3) is 5.61. The summed E-state index contributed by atoms with van der Waals surface area (Å²) in [6.07, 6.45) is 5.83. The molecule has 1 saturated carbocycles. The van der Waals surface area contributed by atoms with Gasteiger partial charge in [-0.2, -0.15) is 0 Å². The molecule has 2 atom stereocenters. The summed E-state index contributed by atoms with van der Waals surface area (Å²) >= 11 is 3.41. The van der Waals surface area contributed by atoms with Gasteiger partial charge < -0.3 is 15.8 Å². The topological polar surface area (TPSA) is 64.3 Å². The van der Waals surface area contributed by atoms with E-state index in [-0.39, 0.29) is 11.9 Å². The predicted octanol–water partition coefficient (Wildman–Crippen LogP) is 3.24. The molecule has 1 aliphatic rings. The third-order valence-corrected chi connectivity index (χ3v) is 4.66. The average Bonchev–Trinajstić information content (AvgIpc) is 2.52. The number of ether oxygens (including phenoxy) is 1. The van der Waals surface area contributed by atoms with Crippen molar-refractivity contribution in [2.24, 2.45) is 11.7 Å². The molecule has 0 saturated heterocycles. The van der Waals surface area contributed by atoms with E-state index in [1.165, 1.54) is 12.8 Å². The monoisotopic (exact) mass is 368 g/mol. The second-order valence-electron chi connectivity index (χ2n) is 5.86. The Morgan fingerprint density at radius 1 is 1.36 bits per heavy atom. The first kappa shape index (κ1) is 17.3. The van der Waals surface area contributed by atoms with Gasteiger partial charge in [-0.05, 0) is 49.9 Å². The maximum absolute atomic E-state index is 12.0. The average molecular weight is 369 g/mol. The largest absolute Gasteiger partial charge is 0.494 e. The molecule has 122 valence electrons. The summed E-state index contributed by atoms with van der Waals surface area (Å²) < 4.78 is 6.63. The van der Waals surface area contributed by atoms with Crippen LogP contribution in [0.5, 0.6) is 5.75 Å². The van der Waals surface area contributed by atoms with Crippen molar-refractivity contribution in [1.82, 2.24) is 5.32 Å². The van der Waals surface area contributed by atoms with Gasteiger partial charge in [0.25, 0.3) is 0 Å². The Kier molecular flexibility index (Phi) is 7.19. The van der Waals surface area contributed by atoms with E-state index in [1.54, 1.807) is 0 Å². The van der Waals surface area contributed by atoms with Crippen LogP contribution in [0.15, 0.2) is 28.7 Å². The number of carbonyl (C=O) groups excluding carboxylic acids is 1. The molecule has 1 amide bonds. The van der Waals surface area contributed by atoms with Gasteiger partial charge in [0.1, 0.15) is 5.75 Å². The van der Waals surface area contributed by atoms with E-state index in [4.69, 9.17) is 10.5 Å². The van der Waals surface area contributed by atoms with Crippen molar-refractivity contribution in [1.29, 1.82) is 0 Å². The maximum Gasteiger partial charge on any atom is 0.220 e. The molecular formula is C17H25BrN2O2. The fourth-order valence-corrected chi connectivity index (χ4v) is 3.32. The van der Waals surface area contributed by atoms with Crippen LogP contribution in [0.2, 0.25) is 0 Å². The summed E-state index contributed by atoms with van der Waals surface area (Å²) in [5.41, 5.74) is 5.79. The summed E-state index contributed by atoms with van der Waals surface area (Å²) in [6, 6.07) is 7.99. The Hall–Kier alpha value is -1.07. The van der Waals surface area contributed by atoms with Crippen LogP contribution < -0.4 is 15.8 Å². The first-order valence-electron chi connectivity index (χ1n) is 8.07. The number of nitrogens with one attached hydrogen (secondary N) is 1. The normalized spacial score (nSPS) is 21.4. The summed E-state index contributed by atoms with van der Waals surface area (Å²) in [4.78, 5) is 12.0.